The molecular weight excluding hydrogens is 220 g/mol. The van der Waals surface area contributed by atoms with Crippen molar-refractivity contribution in [2.24, 2.45) is 5.73 Å². The van der Waals surface area contributed by atoms with Gasteiger partial charge in [0.25, 0.3) is 0 Å². The number of nitrogens with two attached hydrogens (primary N) is 1. The number of nitrogens with one attached hydrogen (secondary N) is 1. The second-order valence-corrected chi connectivity index (χ2v) is 3.74. The molecule has 0 aromatic carbocycles. The van der Waals surface area contributed by atoms with Gasteiger partial charge >= 0.3 is 0 Å². The standard InChI is InChI=1S/C8H16N2O2S2/c9-7(11)1-2-8(12)10-6(5-14)3-4-13/h6,13-14H,1-5H2,(H2,9,11)(H,10,12)/t6-/m0/s1. The van der Waals surface area contributed by atoms with E-state index in [1.54, 1.807) is 0 Å². The first-order chi connectivity index (χ1) is 6.60. The van der Waals surface area contributed by atoms with E-state index in [9.17, 15) is 9.59 Å². The van der Waals surface area contributed by atoms with Gasteiger partial charge in [-0.15, -0.1) is 0 Å². The zero-order valence-electron chi connectivity index (χ0n) is 7.90. The third-order valence-corrected chi connectivity index (χ3v) is 2.36. The molecule has 2 amide bonds. The minimum atomic E-state index is -0.461. The molecule has 1 atom stereocenters. The Labute approximate surface area is 94.8 Å². The summed E-state index contributed by atoms with van der Waals surface area (Å²) in [5.41, 5.74) is 4.92. The molecule has 0 rings (SSSR count). The number of hydrogen-bond donors (Lipinski definition) is 4. The first-order valence-electron chi connectivity index (χ1n) is 4.39. The van der Waals surface area contributed by atoms with Crippen molar-refractivity contribution in [3.05, 3.63) is 0 Å². The van der Waals surface area contributed by atoms with Crippen LogP contribution in [0.3, 0.4) is 0 Å². The fraction of sp³-hybridized carbons (Fsp3) is 0.750. The molecule has 0 saturated carbocycles. The molecule has 0 aromatic heterocycles. The van der Waals surface area contributed by atoms with Crippen molar-refractivity contribution in [3.63, 3.8) is 0 Å². The number of primary amides is 1. The summed E-state index contributed by atoms with van der Waals surface area (Å²) < 4.78 is 0. The monoisotopic (exact) mass is 236 g/mol. The van der Waals surface area contributed by atoms with Gasteiger partial charge in [-0.1, -0.05) is 0 Å². The number of rotatable bonds is 7. The SMILES string of the molecule is NC(=O)CCC(=O)N[C@H](CS)CCS. The van der Waals surface area contributed by atoms with Crippen molar-refractivity contribution >= 4 is 37.1 Å². The van der Waals surface area contributed by atoms with Gasteiger partial charge in [0.05, 0.1) is 0 Å². The van der Waals surface area contributed by atoms with E-state index < -0.39 is 5.91 Å². The molecule has 0 radical (unpaired) electrons. The molecule has 4 nitrogen and oxygen atoms in total. The Balaban J connectivity index is 3.72. The van der Waals surface area contributed by atoms with Crippen LogP contribution in [-0.4, -0.2) is 29.4 Å². The molecule has 82 valence electrons. The van der Waals surface area contributed by atoms with Crippen LogP contribution >= 0.6 is 25.3 Å². The molecule has 0 saturated heterocycles. The average Bonchev–Trinajstić information content (AvgIpc) is 2.14. The first kappa shape index (κ1) is 13.6. The van der Waals surface area contributed by atoms with Crippen molar-refractivity contribution < 1.29 is 9.59 Å². The largest absolute Gasteiger partial charge is 0.370 e. The zero-order valence-corrected chi connectivity index (χ0v) is 9.69. The normalized spacial score (nSPS) is 12.1. The lowest BCUT2D eigenvalue weighted by atomic mass is 10.2. The Bertz CT molecular complexity index is 200. The minimum absolute atomic E-state index is 0.0243. The molecule has 3 N–H and O–H groups in total. The van der Waals surface area contributed by atoms with E-state index in [0.29, 0.717) is 11.5 Å². The van der Waals surface area contributed by atoms with Crippen LogP contribution in [0.4, 0.5) is 0 Å². The van der Waals surface area contributed by atoms with E-state index in [1.165, 1.54) is 0 Å². The summed E-state index contributed by atoms with van der Waals surface area (Å²) >= 11 is 8.15. The van der Waals surface area contributed by atoms with Crippen LogP contribution in [0.25, 0.3) is 0 Å². The summed E-state index contributed by atoms with van der Waals surface area (Å²) in [6.45, 7) is 0. The van der Waals surface area contributed by atoms with Crippen LogP contribution in [-0.2, 0) is 9.59 Å². The highest BCUT2D eigenvalue weighted by atomic mass is 32.1. The van der Waals surface area contributed by atoms with Crippen LogP contribution in [0, 0.1) is 0 Å². The van der Waals surface area contributed by atoms with E-state index in [-0.39, 0.29) is 24.8 Å². The van der Waals surface area contributed by atoms with E-state index >= 15 is 0 Å². The molecule has 0 aliphatic rings. The minimum Gasteiger partial charge on any atom is -0.370 e. The van der Waals surface area contributed by atoms with Gasteiger partial charge in [0, 0.05) is 24.6 Å². The quantitative estimate of drug-likeness (QED) is 0.469. The molecule has 0 heterocycles. The third-order valence-electron chi connectivity index (χ3n) is 1.66. The lowest BCUT2D eigenvalue weighted by Gasteiger charge is -2.14. The molecule has 0 fully saturated rings. The summed E-state index contributed by atoms with van der Waals surface area (Å²) in [7, 11) is 0. The van der Waals surface area contributed by atoms with Gasteiger partial charge in [-0.25, -0.2) is 0 Å². The van der Waals surface area contributed by atoms with Crippen LogP contribution in [0.15, 0.2) is 0 Å². The number of hydrogen-bond acceptors (Lipinski definition) is 4. The molecule has 14 heavy (non-hydrogen) atoms. The van der Waals surface area contributed by atoms with Crippen LogP contribution in [0.1, 0.15) is 19.3 Å². The highest BCUT2D eigenvalue weighted by molar-refractivity contribution is 7.80. The first-order valence-corrected chi connectivity index (χ1v) is 5.66. The van der Waals surface area contributed by atoms with Gasteiger partial charge in [-0.2, -0.15) is 25.3 Å². The fourth-order valence-electron chi connectivity index (χ4n) is 0.902. The van der Waals surface area contributed by atoms with Crippen molar-refractivity contribution in [1.82, 2.24) is 5.32 Å². The van der Waals surface area contributed by atoms with Crippen LogP contribution in [0.2, 0.25) is 0 Å². The summed E-state index contributed by atoms with van der Waals surface area (Å²) in [6, 6.07) is 0.0243. The second-order valence-electron chi connectivity index (χ2n) is 2.93. The highest BCUT2D eigenvalue weighted by Crippen LogP contribution is 1.98. The maximum atomic E-state index is 11.2. The summed E-state index contributed by atoms with van der Waals surface area (Å²) in [4.78, 5) is 21.6. The maximum Gasteiger partial charge on any atom is 0.220 e. The Morgan fingerprint density at radius 2 is 1.93 bits per heavy atom. The number of carbonyl (C=O) groups is 2. The number of amides is 2. The van der Waals surface area contributed by atoms with E-state index in [0.717, 1.165) is 6.42 Å². The lowest BCUT2D eigenvalue weighted by Crippen LogP contribution is -2.36. The van der Waals surface area contributed by atoms with Gasteiger partial charge < -0.3 is 11.1 Å². The van der Waals surface area contributed by atoms with Gasteiger partial charge in [-0.05, 0) is 12.2 Å². The summed E-state index contributed by atoms with van der Waals surface area (Å²) in [5, 5.41) is 2.75. The Kier molecular flexibility index (Phi) is 7.78. The predicted molar refractivity (Wildman–Crippen MR) is 62.7 cm³/mol. The number of carbonyl (C=O) groups excluding carboxylic acids is 2. The topological polar surface area (TPSA) is 72.2 Å². The Hall–Kier alpha value is -0.360. The van der Waals surface area contributed by atoms with E-state index in [4.69, 9.17) is 5.73 Å². The number of thiol groups is 2. The summed E-state index contributed by atoms with van der Waals surface area (Å²) in [5.74, 6) is 0.644. The molecule has 0 aliphatic heterocycles. The lowest BCUT2D eigenvalue weighted by molar-refractivity contribution is -0.125. The predicted octanol–water partition coefficient (Wildman–Crippen LogP) is -0.0136. The van der Waals surface area contributed by atoms with Crippen molar-refractivity contribution in [1.29, 1.82) is 0 Å². The molecule has 0 aromatic rings. The van der Waals surface area contributed by atoms with E-state index in [2.05, 4.69) is 30.6 Å². The van der Waals surface area contributed by atoms with Gasteiger partial charge in [0.1, 0.15) is 0 Å². The van der Waals surface area contributed by atoms with Gasteiger partial charge in [0.15, 0.2) is 0 Å². The van der Waals surface area contributed by atoms with Crippen molar-refractivity contribution in [2.45, 2.75) is 25.3 Å². The fourth-order valence-corrected chi connectivity index (χ4v) is 1.49. The highest BCUT2D eigenvalue weighted by Gasteiger charge is 2.10. The van der Waals surface area contributed by atoms with Gasteiger partial charge in [-0.3, -0.25) is 9.59 Å². The molecular formula is C8H16N2O2S2. The third kappa shape index (κ3) is 7.08. The molecule has 6 heteroatoms. The average molecular weight is 236 g/mol. The van der Waals surface area contributed by atoms with Crippen molar-refractivity contribution in [3.8, 4) is 0 Å². The van der Waals surface area contributed by atoms with E-state index in [1.807, 2.05) is 0 Å². The molecule has 0 bridgehead atoms. The van der Waals surface area contributed by atoms with Gasteiger partial charge in [0.2, 0.25) is 11.8 Å². The molecule has 0 aliphatic carbocycles. The molecule has 0 spiro atoms. The van der Waals surface area contributed by atoms with Crippen LogP contribution < -0.4 is 11.1 Å². The second kappa shape index (κ2) is 7.99. The maximum absolute atomic E-state index is 11.2. The molecule has 0 unspecified atom stereocenters. The van der Waals surface area contributed by atoms with Crippen LogP contribution in [0.5, 0.6) is 0 Å². The Morgan fingerprint density at radius 1 is 1.29 bits per heavy atom. The van der Waals surface area contributed by atoms with Crippen molar-refractivity contribution in [2.75, 3.05) is 11.5 Å². The smallest absolute Gasteiger partial charge is 0.220 e. The zero-order chi connectivity index (χ0) is 11.0. The summed E-state index contributed by atoms with van der Waals surface area (Å²) in [6.07, 6.45) is 1.01. The Morgan fingerprint density at radius 3 is 2.36 bits per heavy atom.